The summed E-state index contributed by atoms with van der Waals surface area (Å²) in [4.78, 5) is 12.6. The second kappa shape index (κ2) is 5.22. The van der Waals surface area contributed by atoms with Crippen molar-refractivity contribution >= 4 is 21.7 Å². The molecule has 0 spiro atoms. The topological polar surface area (TPSA) is 44.8 Å². The van der Waals surface area contributed by atoms with Gasteiger partial charge in [0.1, 0.15) is 11.9 Å². The summed E-state index contributed by atoms with van der Waals surface area (Å²) >= 11 is 3.44. The smallest absolute Gasteiger partial charge is 0.202 e. The highest BCUT2D eigenvalue weighted by molar-refractivity contribution is 9.10. The normalized spacial score (nSPS) is 24.1. The van der Waals surface area contributed by atoms with E-state index in [1.54, 1.807) is 0 Å². The van der Waals surface area contributed by atoms with Crippen molar-refractivity contribution in [2.24, 2.45) is 0 Å². The van der Waals surface area contributed by atoms with Crippen LogP contribution in [0.1, 0.15) is 29.3 Å². The zero-order valence-electron chi connectivity index (χ0n) is 11.3. The minimum absolute atomic E-state index is 0.0231. The van der Waals surface area contributed by atoms with Crippen molar-refractivity contribution in [2.75, 3.05) is 6.61 Å². The van der Waals surface area contributed by atoms with Crippen molar-refractivity contribution in [3.05, 3.63) is 39.6 Å². The van der Waals surface area contributed by atoms with Crippen molar-refractivity contribution in [1.29, 1.82) is 0 Å². The lowest BCUT2D eigenvalue weighted by Crippen LogP contribution is -2.38. The monoisotopic (exact) mass is 338 g/mol. The molecule has 106 valence electrons. The molecule has 20 heavy (non-hydrogen) atoms. The predicted molar refractivity (Wildman–Crippen MR) is 76.8 cm³/mol. The van der Waals surface area contributed by atoms with E-state index in [0.717, 1.165) is 10.0 Å². The molecule has 2 atom stereocenters. The van der Waals surface area contributed by atoms with Crippen molar-refractivity contribution < 1.29 is 19.0 Å². The Morgan fingerprint density at radius 2 is 2.25 bits per heavy atom. The van der Waals surface area contributed by atoms with Crippen molar-refractivity contribution in [2.45, 2.75) is 32.7 Å². The van der Waals surface area contributed by atoms with Crippen molar-refractivity contribution in [3.63, 3.8) is 0 Å². The maximum atomic E-state index is 12.6. The Bertz CT molecular complexity index is 594. The lowest BCUT2D eigenvalue weighted by molar-refractivity contribution is -0.127. The maximum Gasteiger partial charge on any atom is 0.202 e. The number of halogens is 1. The van der Waals surface area contributed by atoms with Gasteiger partial charge >= 0.3 is 0 Å². The molecular weight excluding hydrogens is 324 g/mol. The standard InChI is InChI=1S/C15H15BrO4/c1-3-18-13-6-12-9(7-19-13)15(17)14-8(2)10(16)4-5-11(14)20-12/h4-5,7,12-13H,3,6H2,1-2H3/t12-,13-/m1/s1. The fourth-order valence-electron chi connectivity index (χ4n) is 2.53. The molecule has 3 rings (SSSR count). The molecule has 0 aliphatic carbocycles. The number of ketones is 1. The van der Waals surface area contributed by atoms with E-state index in [-0.39, 0.29) is 18.2 Å². The Kier molecular flexibility index (Phi) is 3.56. The van der Waals surface area contributed by atoms with Gasteiger partial charge in [-0.3, -0.25) is 4.79 Å². The Labute approximate surface area is 125 Å². The lowest BCUT2D eigenvalue weighted by atomic mass is 9.90. The summed E-state index contributed by atoms with van der Waals surface area (Å²) < 4.78 is 17.7. The van der Waals surface area contributed by atoms with Crippen LogP contribution in [0.5, 0.6) is 5.75 Å². The number of carbonyl (C=O) groups excluding carboxylic acids is 1. The van der Waals surface area contributed by atoms with Crippen LogP contribution in [0.3, 0.4) is 0 Å². The van der Waals surface area contributed by atoms with Crippen LogP contribution in [0.2, 0.25) is 0 Å². The molecule has 0 N–H and O–H groups in total. The van der Waals surface area contributed by atoms with Crippen LogP contribution in [-0.2, 0) is 9.47 Å². The number of ether oxygens (including phenoxy) is 3. The molecule has 2 heterocycles. The van der Waals surface area contributed by atoms with Gasteiger partial charge in [0.15, 0.2) is 5.78 Å². The molecule has 0 amide bonds. The van der Waals surface area contributed by atoms with Gasteiger partial charge in [-0.2, -0.15) is 0 Å². The Morgan fingerprint density at radius 3 is 3.00 bits per heavy atom. The third-order valence-electron chi connectivity index (χ3n) is 3.57. The number of Topliss-reactive ketones (excluding diaryl/α,β-unsaturated/α-hetero) is 1. The largest absolute Gasteiger partial charge is 0.484 e. The van der Waals surface area contributed by atoms with E-state index < -0.39 is 0 Å². The van der Waals surface area contributed by atoms with Crippen LogP contribution in [-0.4, -0.2) is 24.8 Å². The van der Waals surface area contributed by atoms with Gasteiger partial charge in [0.25, 0.3) is 0 Å². The van der Waals surface area contributed by atoms with Gasteiger partial charge in [-0.25, -0.2) is 0 Å². The van der Waals surface area contributed by atoms with Crippen LogP contribution >= 0.6 is 15.9 Å². The summed E-state index contributed by atoms with van der Waals surface area (Å²) in [5.74, 6) is 0.611. The highest BCUT2D eigenvalue weighted by atomic mass is 79.9. The minimum Gasteiger partial charge on any atom is -0.484 e. The lowest BCUT2D eigenvalue weighted by Gasteiger charge is -2.34. The van der Waals surface area contributed by atoms with E-state index in [9.17, 15) is 4.79 Å². The second-order valence-corrected chi connectivity index (χ2v) is 5.67. The number of hydrogen-bond acceptors (Lipinski definition) is 4. The van der Waals surface area contributed by atoms with Crippen molar-refractivity contribution in [1.82, 2.24) is 0 Å². The highest BCUT2D eigenvalue weighted by Crippen LogP contribution is 2.38. The Balaban J connectivity index is 1.98. The van der Waals surface area contributed by atoms with E-state index in [4.69, 9.17) is 14.2 Å². The van der Waals surface area contributed by atoms with E-state index in [2.05, 4.69) is 15.9 Å². The maximum absolute atomic E-state index is 12.6. The quantitative estimate of drug-likeness (QED) is 0.829. The average Bonchev–Trinajstić information content (AvgIpc) is 2.43. The summed E-state index contributed by atoms with van der Waals surface area (Å²) in [6.45, 7) is 4.38. The molecule has 0 saturated heterocycles. The molecule has 1 aromatic rings. The fraction of sp³-hybridized carbons (Fsp3) is 0.400. The number of fused-ring (bicyclic) bond motifs is 2. The summed E-state index contributed by atoms with van der Waals surface area (Å²) in [6.07, 6.45) is 1.38. The molecule has 2 aliphatic heterocycles. The third-order valence-corrected chi connectivity index (χ3v) is 4.43. The molecule has 0 aromatic heterocycles. The summed E-state index contributed by atoms with van der Waals surface area (Å²) in [7, 11) is 0. The van der Waals surface area contributed by atoms with E-state index >= 15 is 0 Å². The first-order chi connectivity index (χ1) is 9.61. The first-order valence-corrected chi connectivity index (χ1v) is 7.38. The van der Waals surface area contributed by atoms with Crippen LogP contribution < -0.4 is 4.74 Å². The molecule has 0 saturated carbocycles. The molecule has 4 nitrogen and oxygen atoms in total. The fourth-order valence-corrected chi connectivity index (χ4v) is 2.86. The van der Waals surface area contributed by atoms with Crippen LogP contribution in [0.25, 0.3) is 0 Å². The zero-order chi connectivity index (χ0) is 14.3. The molecule has 0 bridgehead atoms. The van der Waals surface area contributed by atoms with E-state index in [0.29, 0.717) is 29.9 Å². The molecular formula is C15H15BrO4. The van der Waals surface area contributed by atoms with Gasteiger partial charge in [-0.15, -0.1) is 0 Å². The number of carbonyl (C=O) groups is 1. The third kappa shape index (κ3) is 2.15. The second-order valence-electron chi connectivity index (χ2n) is 4.81. The van der Waals surface area contributed by atoms with Crippen molar-refractivity contribution in [3.8, 4) is 5.75 Å². The summed E-state index contributed by atoms with van der Waals surface area (Å²) in [5, 5.41) is 0. The summed E-state index contributed by atoms with van der Waals surface area (Å²) in [6, 6.07) is 3.72. The molecule has 0 fully saturated rings. The highest BCUT2D eigenvalue weighted by Gasteiger charge is 2.38. The molecule has 1 aromatic carbocycles. The van der Waals surface area contributed by atoms with Gasteiger partial charge in [0.05, 0.1) is 23.8 Å². The van der Waals surface area contributed by atoms with Gasteiger partial charge in [0.2, 0.25) is 6.29 Å². The zero-order valence-corrected chi connectivity index (χ0v) is 12.9. The molecule has 0 radical (unpaired) electrons. The Morgan fingerprint density at radius 1 is 1.45 bits per heavy atom. The minimum atomic E-state index is -0.348. The van der Waals surface area contributed by atoms with Gasteiger partial charge in [0, 0.05) is 11.1 Å². The molecule has 0 unspecified atom stereocenters. The summed E-state index contributed by atoms with van der Waals surface area (Å²) in [5.41, 5.74) is 2.06. The average molecular weight is 339 g/mol. The first kappa shape index (κ1) is 13.6. The number of rotatable bonds is 2. The Hall–Kier alpha value is -1.33. The van der Waals surface area contributed by atoms with Crippen LogP contribution in [0, 0.1) is 6.92 Å². The SMILES string of the molecule is CCO[C@H]1C[C@H]2Oc3ccc(Br)c(C)c3C(=O)C2=CO1. The van der Waals surface area contributed by atoms with E-state index in [1.165, 1.54) is 6.26 Å². The van der Waals surface area contributed by atoms with Gasteiger partial charge in [-0.05, 0) is 31.5 Å². The first-order valence-electron chi connectivity index (χ1n) is 6.59. The van der Waals surface area contributed by atoms with Crippen LogP contribution in [0.4, 0.5) is 0 Å². The van der Waals surface area contributed by atoms with Gasteiger partial charge in [-0.1, -0.05) is 15.9 Å². The molecule has 2 aliphatic rings. The predicted octanol–water partition coefficient (Wildman–Crippen LogP) is 3.37. The number of benzene rings is 1. The van der Waals surface area contributed by atoms with Gasteiger partial charge < -0.3 is 14.2 Å². The number of hydrogen-bond donors (Lipinski definition) is 0. The molecule has 5 heteroatoms. The van der Waals surface area contributed by atoms with Crippen LogP contribution in [0.15, 0.2) is 28.4 Å². The van der Waals surface area contributed by atoms with E-state index in [1.807, 2.05) is 26.0 Å².